The first-order chi connectivity index (χ1) is 11.5. The molecule has 0 aromatic carbocycles. The minimum absolute atomic E-state index is 0.0280. The number of hydrogen-bond donors (Lipinski definition) is 1. The van der Waals surface area contributed by atoms with Gasteiger partial charge in [-0.15, -0.1) is 0 Å². The Morgan fingerprint density at radius 2 is 2.17 bits per heavy atom. The Kier molecular flexibility index (Phi) is 4.78. The number of aliphatic hydroxyl groups excluding tert-OH is 1. The van der Waals surface area contributed by atoms with Crippen molar-refractivity contribution in [1.82, 2.24) is 9.47 Å². The lowest BCUT2D eigenvalue weighted by Gasteiger charge is -2.37. The van der Waals surface area contributed by atoms with Gasteiger partial charge in [-0.25, -0.2) is 0 Å². The number of rotatable bonds is 3. The van der Waals surface area contributed by atoms with E-state index < -0.39 is 0 Å². The summed E-state index contributed by atoms with van der Waals surface area (Å²) < 4.78 is 7.37. The summed E-state index contributed by atoms with van der Waals surface area (Å²) in [5.74, 6) is -0.0429. The predicted octanol–water partition coefficient (Wildman–Crippen LogP) is 0.868. The van der Waals surface area contributed by atoms with Gasteiger partial charge in [0.25, 0.3) is 11.5 Å². The molecule has 0 radical (unpaired) electrons. The molecule has 1 unspecified atom stereocenters. The molecule has 1 saturated carbocycles. The van der Waals surface area contributed by atoms with E-state index in [4.69, 9.17) is 4.74 Å². The van der Waals surface area contributed by atoms with Crippen LogP contribution >= 0.6 is 0 Å². The Morgan fingerprint density at radius 1 is 1.42 bits per heavy atom. The number of hydrogen-bond acceptors (Lipinski definition) is 4. The molecule has 1 aliphatic carbocycles. The molecule has 2 fully saturated rings. The van der Waals surface area contributed by atoms with E-state index in [0.717, 1.165) is 30.5 Å². The van der Waals surface area contributed by atoms with Crippen molar-refractivity contribution >= 4 is 5.91 Å². The molecule has 1 aromatic heterocycles. The number of aryl methyl sites for hydroxylation is 1. The average Bonchev–Trinajstić information content (AvgIpc) is 3.01. The van der Waals surface area contributed by atoms with Gasteiger partial charge in [-0.2, -0.15) is 0 Å². The number of fused-ring (bicyclic) bond motifs is 1. The molecule has 1 aromatic rings. The van der Waals surface area contributed by atoms with Crippen molar-refractivity contribution in [2.45, 2.75) is 45.3 Å². The van der Waals surface area contributed by atoms with E-state index in [-0.39, 0.29) is 41.7 Å². The lowest BCUT2D eigenvalue weighted by Crippen LogP contribution is -2.52. The molecule has 3 rings (SSSR count). The zero-order chi connectivity index (χ0) is 17.4. The zero-order valence-corrected chi connectivity index (χ0v) is 14.6. The summed E-state index contributed by atoms with van der Waals surface area (Å²) in [6, 6.07) is 1.69. The highest BCUT2D eigenvalue weighted by atomic mass is 16.5. The zero-order valence-electron chi connectivity index (χ0n) is 14.6. The molecule has 3 atom stereocenters. The average molecular weight is 334 g/mol. The maximum Gasteiger partial charge on any atom is 0.263 e. The Hall–Kier alpha value is -1.66. The first-order valence-corrected chi connectivity index (χ1v) is 8.70. The van der Waals surface area contributed by atoms with Crippen LogP contribution in [-0.2, 0) is 18.2 Å². The van der Waals surface area contributed by atoms with Gasteiger partial charge < -0.3 is 19.3 Å². The van der Waals surface area contributed by atoms with E-state index in [2.05, 4.69) is 0 Å². The van der Waals surface area contributed by atoms with E-state index in [1.807, 2.05) is 13.8 Å². The van der Waals surface area contributed by atoms with Crippen LogP contribution in [0.2, 0.25) is 0 Å². The van der Waals surface area contributed by atoms with Crippen molar-refractivity contribution in [2.75, 3.05) is 19.8 Å². The van der Waals surface area contributed by atoms with Crippen molar-refractivity contribution < 1.29 is 14.6 Å². The standard InChI is InChI=1S/C18H26N2O4/c1-4-14-11(2)7-13(17(22)19(14)3)18(23)20-5-6-24-16-9-12(10-21)8-15(16)20/h7,12,15-16,21H,4-6,8-10H2,1-3H3/t12-,15+,16?/m1/s1. The number of pyridine rings is 1. The molecule has 2 heterocycles. The van der Waals surface area contributed by atoms with Crippen LogP contribution in [0.1, 0.15) is 41.4 Å². The van der Waals surface area contributed by atoms with Gasteiger partial charge in [0.1, 0.15) is 5.56 Å². The fraction of sp³-hybridized carbons (Fsp3) is 0.667. The highest BCUT2D eigenvalue weighted by molar-refractivity contribution is 5.94. The van der Waals surface area contributed by atoms with Crippen molar-refractivity contribution in [3.63, 3.8) is 0 Å². The van der Waals surface area contributed by atoms with Crippen LogP contribution in [-0.4, -0.2) is 52.4 Å². The van der Waals surface area contributed by atoms with E-state index in [1.54, 1.807) is 22.6 Å². The van der Waals surface area contributed by atoms with Gasteiger partial charge in [0.05, 0.1) is 18.8 Å². The normalized spacial score (nSPS) is 26.5. The number of morpholine rings is 1. The molecular weight excluding hydrogens is 308 g/mol. The molecule has 1 N–H and O–H groups in total. The van der Waals surface area contributed by atoms with Crippen molar-refractivity contribution in [2.24, 2.45) is 13.0 Å². The largest absolute Gasteiger partial charge is 0.396 e. The van der Waals surface area contributed by atoms with E-state index in [9.17, 15) is 14.7 Å². The summed E-state index contributed by atoms with van der Waals surface area (Å²) in [4.78, 5) is 27.5. The van der Waals surface area contributed by atoms with Crippen LogP contribution in [0.4, 0.5) is 0 Å². The number of aromatic nitrogens is 1. The van der Waals surface area contributed by atoms with Gasteiger partial charge in [0.2, 0.25) is 0 Å². The predicted molar refractivity (Wildman–Crippen MR) is 90.2 cm³/mol. The molecule has 6 heteroatoms. The van der Waals surface area contributed by atoms with Gasteiger partial charge in [-0.05, 0) is 43.7 Å². The number of amides is 1. The van der Waals surface area contributed by atoms with Crippen molar-refractivity contribution in [3.05, 3.63) is 33.2 Å². The van der Waals surface area contributed by atoms with E-state index in [1.165, 1.54) is 0 Å². The van der Waals surface area contributed by atoms with Crippen LogP contribution < -0.4 is 5.56 Å². The highest BCUT2D eigenvalue weighted by Gasteiger charge is 2.43. The summed E-state index contributed by atoms with van der Waals surface area (Å²) in [6.45, 7) is 5.04. The van der Waals surface area contributed by atoms with Crippen LogP contribution in [0, 0.1) is 12.8 Å². The van der Waals surface area contributed by atoms with Gasteiger partial charge >= 0.3 is 0 Å². The number of carbonyl (C=O) groups is 1. The van der Waals surface area contributed by atoms with Crippen LogP contribution in [0.25, 0.3) is 0 Å². The fourth-order valence-electron chi connectivity index (χ4n) is 4.20. The van der Waals surface area contributed by atoms with E-state index >= 15 is 0 Å². The molecule has 132 valence electrons. The Bertz CT molecular complexity index is 697. The van der Waals surface area contributed by atoms with E-state index in [0.29, 0.717) is 13.2 Å². The molecule has 0 spiro atoms. The number of aliphatic hydroxyl groups is 1. The number of carbonyl (C=O) groups excluding carboxylic acids is 1. The second-order valence-electron chi connectivity index (χ2n) is 6.90. The van der Waals surface area contributed by atoms with Gasteiger partial charge in [0.15, 0.2) is 0 Å². The third-order valence-corrected chi connectivity index (χ3v) is 5.47. The highest BCUT2D eigenvalue weighted by Crippen LogP contribution is 2.34. The summed E-state index contributed by atoms with van der Waals surface area (Å²) in [6.07, 6.45) is 2.24. The molecular formula is C18H26N2O4. The summed E-state index contributed by atoms with van der Waals surface area (Å²) >= 11 is 0. The van der Waals surface area contributed by atoms with Crippen LogP contribution in [0.3, 0.4) is 0 Å². The molecule has 1 saturated heterocycles. The minimum atomic E-state index is -0.234. The minimum Gasteiger partial charge on any atom is -0.396 e. The Morgan fingerprint density at radius 3 is 2.83 bits per heavy atom. The SMILES string of the molecule is CCc1c(C)cc(C(=O)N2CCOC3C[C@H](CO)C[C@@H]32)c(=O)n1C. The maximum atomic E-state index is 13.1. The molecule has 24 heavy (non-hydrogen) atoms. The van der Waals surface area contributed by atoms with Crippen molar-refractivity contribution in [1.29, 1.82) is 0 Å². The molecule has 1 amide bonds. The first kappa shape index (κ1) is 17.2. The first-order valence-electron chi connectivity index (χ1n) is 8.70. The number of ether oxygens (including phenoxy) is 1. The Labute approximate surface area is 142 Å². The van der Waals surface area contributed by atoms with Gasteiger partial charge in [-0.3, -0.25) is 9.59 Å². The summed E-state index contributed by atoms with van der Waals surface area (Å²) in [5.41, 5.74) is 1.92. The lowest BCUT2D eigenvalue weighted by atomic mass is 10.1. The third-order valence-electron chi connectivity index (χ3n) is 5.47. The maximum absolute atomic E-state index is 13.1. The topological polar surface area (TPSA) is 71.8 Å². The van der Waals surface area contributed by atoms with Crippen LogP contribution in [0.5, 0.6) is 0 Å². The monoisotopic (exact) mass is 334 g/mol. The number of nitrogens with zero attached hydrogens (tertiary/aromatic N) is 2. The van der Waals surface area contributed by atoms with Crippen molar-refractivity contribution in [3.8, 4) is 0 Å². The van der Waals surface area contributed by atoms with Gasteiger partial charge in [-0.1, -0.05) is 6.92 Å². The second kappa shape index (κ2) is 6.69. The molecule has 2 aliphatic rings. The summed E-state index contributed by atoms with van der Waals surface area (Å²) in [5, 5.41) is 9.42. The molecule has 6 nitrogen and oxygen atoms in total. The second-order valence-corrected chi connectivity index (χ2v) is 6.90. The Balaban J connectivity index is 1.93. The fourth-order valence-corrected chi connectivity index (χ4v) is 4.20. The summed E-state index contributed by atoms with van der Waals surface area (Å²) in [7, 11) is 1.73. The van der Waals surface area contributed by atoms with Crippen LogP contribution in [0.15, 0.2) is 10.9 Å². The molecule has 1 aliphatic heterocycles. The van der Waals surface area contributed by atoms with Gasteiger partial charge in [0, 0.05) is 25.9 Å². The molecule has 0 bridgehead atoms. The third kappa shape index (κ3) is 2.78. The smallest absolute Gasteiger partial charge is 0.263 e. The quantitative estimate of drug-likeness (QED) is 0.890. The lowest BCUT2D eigenvalue weighted by molar-refractivity contribution is -0.0449.